The summed E-state index contributed by atoms with van der Waals surface area (Å²) in [5.74, 6) is -0.117. The molecule has 1 aliphatic rings. The number of likely N-dealkylation sites (N-methyl/N-ethyl adjacent to an activating group) is 1. The molecule has 0 spiro atoms. The van der Waals surface area contributed by atoms with Crippen molar-refractivity contribution in [2.45, 2.75) is 37.6 Å². The summed E-state index contributed by atoms with van der Waals surface area (Å²) in [5, 5.41) is 0. The summed E-state index contributed by atoms with van der Waals surface area (Å²) in [5.41, 5.74) is 11.5. The summed E-state index contributed by atoms with van der Waals surface area (Å²) in [6.45, 7) is 1.34. The van der Waals surface area contributed by atoms with Crippen LogP contribution in [0.15, 0.2) is 59.6 Å². The first-order valence-corrected chi connectivity index (χ1v) is 10.4. The maximum absolute atomic E-state index is 13.5. The van der Waals surface area contributed by atoms with Gasteiger partial charge < -0.3 is 16.4 Å². The molecule has 1 saturated heterocycles. The van der Waals surface area contributed by atoms with Gasteiger partial charge in [-0.3, -0.25) is 14.7 Å². The number of amides is 1. The average molecular weight is 448 g/mol. The molecule has 1 unspecified atom stereocenters. The predicted molar refractivity (Wildman–Crippen MR) is 118 cm³/mol. The summed E-state index contributed by atoms with van der Waals surface area (Å²) < 4.78 is 39.2. The third-order valence-corrected chi connectivity index (χ3v) is 5.60. The molecule has 0 saturated carbocycles. The second-order valence-electron chi connectivity index (χ2n) is 8.03. The summed E-state index contributed by atoms with van der Waals surface area (Å²) in [6.07, 6.45) is -3.00. The number of benzene rings is 2. The van der Waals surface area contributed by atoms with Crippen LogP contribution in [0.25, 0.3) is 0 Å². The molecular weight excluding hydrogens is 419 g/mol. The molecule has 0 aliphatic carbocycles. The highest BCUT2D eigenvalue weighted by molar-refractivity contribution is 5.83. The van der Waals surface area contributed by atoms with Crippen LogP contribution in [0.1, 0.15) is 35.6 Å². The quantitative estimate of drug-likeness (QED) is 0.526. The smallest absolute Gasteiger partial charge is 0.370 e. The minimum Gasteiger partial charge on any atom is -0.370 e. The van der Waals surface area contributed by atoms with Crippen molar-refractivity contribution in [2.75, 3.05) is 20.1 Å². The van der Waals surface area contributed by atoms with Crippen molar-refractivity contribution >= 4 is 11.9 Å². The first-order valence-electron chi connectivity index (χ1n) is 10.4. The first-order chi connectivity index (χ1) is 15.1. The van der Waals surface area contributed by atoms with Gasteiger partial charge in [0.1, 0.15) is 6.04 Å². The Labute approximate surface area is 185 Å². The van der Waals surface area contributed by atoms with Crippen LogP contribution in [0, 0.1) is 0 Å². The summed E-state index contributed by atoms with van der Waals surface area (Å²) in [7, 11) is 1.62. The third kappa shape index (κ3) is 6.00. The van der Waals surface area contributed by atoms with Gasteiger partial charge in [-0.2, -0.15) is 13.2 Å². The van der Waals surface area contributed by atoms with E-state index in [1.807, 2.05) is 30.3 Å². The highest BCUT2D eigenvalue weighted by Gasteiger charge is 2.33. The van der Waals surface area contributed by atoms with Crippen LogP contribution in [0.5, 0.6) is 0 Å². The lowest BCUT2D eigenvalue weighted by Gasteiger charge is -2.37. The van der Waals surface area contributed by atoms with Crippen molar-refractivity contribution < 1.29 is 18.0 Å². The Hall–Kier alpha value is -3.07. The van der Waals surface area contributed by atoms with Crippen LogP contribution in [-0.2, 0) is 17.5 Å². The normalized spacial score (nSPS) is 16.4. The number of aliphatic imine (C=N–C) groups is 1. The van der Waals surface area contributed by atoms with Crippen LogP contribution in [0.3, 0.4) is 0 Å². The SMILES string of the molecule is CN(Cc1cccc(C(F)(F)F)c1)C(=O)C(c1ccccc1)N1CCC(N=C(N)N)CC1. The van der Waals surface area contributed by atoms with Gasteiger partial charge in [0.05, 0.1) is 11.6 Å². The van der Waals surface area contributed by atoms with Crippen LogP contribution < -0.4 is 11.5 Å². The number of rotatable bonds is 6. The molecule has 1 amide bonds. The number of piperidine rings is 1. The Balaban J connectivity index is 1.78. The van der Waals surface area contributed by atoms with Gasteiger partial charge in [-0.15, -0.1) is 0 Å². The second-order valence-corrected chi connectivity index (χ2v) is 8.03. The number of carbonyl (C=O) groups excluding carboxylic acids is 1. The van der Waals surface area contributed by atoms with Gasteiger partial charge in [0.15, 0.2) is 5.96 Å². The van der Waals surface area contributed by atoms with E-state index >= 15 is 0 Å². The number of alkyl halides is 3. The molecule has 32 heavy (non-hydrogen) atoms. The number of likely N-dealkylation sites (tertiary alicyclic amines) is 1. The van der Waals surface area contributed by atoms with Crippen LogP contribution in [-0.4, -0.2) is 47.8 Å². The summed E-state index contributed by atoms with van der Waals surface area (Å²) in [6, 6.07) is 14.0. The molecule has 1 fully saturated rings. The molecule has 0 bridgehead atoms. The topological polar surface area (TPSA) is 88.0 Å². The average Bonchev–Trinajstić information content (AvgIpc) is 2.75. The summed E-state index contributed by atoms with van der Waals surface area (Å²) in [4.78, 5) is 21.3. The highest BCUT2D eigenvalue weighted by Crippen LogP contribution is 2.31. The van der Waals surface area contributed by atoms with E-state index < -0.39 is 17.8 Å². The molecule has 172 valence electrons. The molecule has 2 aromatic carbocycles. The van der Waals surface area contributed by atoms with Crippen molar-refractivity contribution in [3.63, 3.8) is 0 Å². The second kappa shape index (κ2) is 10.0. The Bertz CT molecular complexity index is 936. The standard InChI is InChI=1S/C23H28F3N5O/c1-30(15-16-6-5-9-18(14-16)23(24,25)26)21(32)20(17-7-3-2-4-8-17)31-12-10-19(11-13-31)29-22(27)28/h2-9,14,19-20H,10-13,15H2,1H3,(H4,27,28,29). The molecule has 6 nitrogen and oxygen atoms in total. The minimum atomic E-state index is -4.43. The number of hydrogen-bond donors (Lipinski definition) is 2. The minimum absolute atomic E-state index is 0.0191. The maximum atomic E-state index is 13.5. The lowest BCUT2D eigenvalue weighted by atomic mass is 9.98. The molecule has 9 heteroatoms. The van der Waals surface area contributed by atoms with Crippen LogP contribution in [0.4, 0.5) is 13.2 Å². The van der Waals surface area contributed by atoms with Gasteiger partial charge in [-0.1, -0.05) is 42.5 Å². The van der Waals surface area contributed by atoms with E-state index in [2.05, 4.69) is 9.89 Å². The monoisotopic (exact) mass is 447 g/mol. The molecule has 0 aromatic heterocycles. The largest absolute Gasteiger partial charge is 0.416 e. The number of nitrogens with zero attached hydrogens (tertiary/aromatic N) is 3. The molecule has 1 aliphatic heterocycles. The van der Waals surface area contributed by atoms with E-state index in [0.29, 0.717) is 31.5 Å². The van der Waals surface area contributed by atoms with Crippen molar-refractivity contribution in [1.29, 1.82) is 0 Å². The van der Waals surface area contributed by atoms with Crippen molar-refractivity contribution in [3.05, 3.63) is 71.3 Å². The Morgan fingerprint density at radius 2 is 1.78 bits per heavy atom. The Morgan fingerprint density at radius 3 is 2.38 bits per heavy atom. The zero-order valence-electron chi connectivity index (χ0n) is 17.9. The lowest BCUT2D eigenvalue weighted by Crippen LogP contribution is -2.45. The Morgan fingerprint density at radius 1 is 1.12 bits per heavy atom. The fourth-order valence-corrected chi connectivity index (χ4v) is 4.04. The van der Waals surface area contributed by atoms with E-state index in [9.17, 15) is 18.0 Å². The van der Waals surface area contributed by atoms with Crippen molar-refractivity contribution in [3.8, 4) is 0 Å². The fourth-order valence-electron chi connectivity index (χ4n) is 4.04. The van der Waals surface area contributed by atoms with Crippen molar-refractivity contribution in [2.24, 2.45) is 16.5 Å². The van der Waals surface area contributed by atoms with E-state index in [0.717, 1.165) is 17.7 Å². The third-order valence-electron chi connectivity index (χ3n) is 5.60. The van der Waals surface area contributed by atoms with Gasteiger partial charge in [0.2, 0.25) is 5.91 Å². The number of hydrogen-bond acceptors (Lipinski definition) is 3. The van der Waals surface area contributed by atoms with Gasteiger partial charge in [0.25, 0.3) is 0 Å². The zero-order chi connectivity index (χ0) is 23.3. The van der Waals surface area contributed by atoms with E-state index in [4.69, 9.17) is 11.5 Å². The van der Waals surface area contributed by atoms with Gasteiger partial charge in [0, 0.05) is 26.7 Å². The van der Waals surface area contributed by atoms with E-state index in [1.54, 1.807) is 13.1 Å². The molecular formula is C23H28F3N5O. The molecule has 3 rings (SSSR count). The zero-order valence-corrected chi connectivity index (χ0v) is 17.9. The van der Waals surface area contributed by atoms with Gasteiger partial charge >= 0.3 is 6.18 Å². The van der Waals surface area contributed by atoms with Gasteiger partial charge in [-0.25, -0.2) is 0 Å². The number of guanidine groups is 1. The predicted octanol–water partition coefficient (Wildman–Crippen LogP) is 3.14. The maximum Gasteiger partial charge on any atom is 0.416 e. The van der Waals surface area contributed by atoms with Crippen molar-refractivity contribution in [1.82, 2.24) is 9.80 Å². The fraction of sp³-hybridized carbons (Fsp3) is 0.391. The van der Waals surface area contributed by atoms with E-state index in [1.165, 1.54) is 11.0 Å². The highest BCUT2D eigenvalue weighted by atomic mass is 19.4. The molecule has 1 atom stereocenters. The molecule has 4 N–H and O–H groups in total. The number of halogens is 3. The Kier molecular flexibility index (Phi) is 7.40. The van der Waals surface area contributed by atoms with Gasteiger partial charge in [-0.05, 0) is 36.1 Å². The number of nitrogens with two attached hydrogens (primary N) is 2. The molecule has 1 heterocycles. The summed E-state index contributed by atoms with van der Waals surface area (Å²) >= 11 is 0. The van der Waals surface area contributed by atoms with Crippen LogP contribution in [0.2, 0.25) is 0 Å². The van der Waals surface area contributed by atoms with Crippen LogP contribution >= 0.6 is 0 Å². The lowest BCUT2D eigenvalue weighted by molar-refractivity contribution is -0.137. The number of carbonyl (C=O) groups is 1. The first kappa shape index (κ1) is 23.6. The molecule has 2 aromatic rings. The van der Waals surface area contributed by atoms with E-state index in [-0.39, 0.29) is 24.5 Å². The molecule has 0 radical (unpaired) electrons.